The molecule has 0 unspecified atom stereocenters. The van der Waals surface area contributed by atoms with E-state index in [2.05, 4.69) is 0 Å². The third-order valence-electron chi connectivity index (χ3n) is 2.30. The molecule has 1 amide bonds. The average molecular weight is 169 g/mol. The van der Waals surface area contributed by atoms with E-state index >= 15 is 0 Å². The van der Waals surface area contributed by atoms with Crippen LogP contribution in [0.4, 0.5) is 0 Å². The second-order valence-corrected chi connectivity index (χ2v) is 3.30. The predicted octanol–water partition coefficient (Wildman–Crippen LogP) is 1.06. The van der Waals surface area contributed by atoms with Gasteiger partial charge in [0.15, 0.2) is 0 Å². The van der Waals surface area contributed by atoms with Crippen LogP contribution in [0, 0.1) is 0 Å². The van der Waals surface area contributed by atoms with Gasteiger partial charge in [-0.3, -0.25) is 10.5 Å². The molecule has 1 aliphatic rings. The summed E-state index contributed by atoms with van der Waals surface area (Å²) in [6.45, 7) is 2.06. The zero-order chi connectivity index (χ0) is 8.81. The topological polar surface area (TPSA) is 44.1 Å². The Morgan fingerprint density at radius 1 is 1.17 bits per heavy atom. The Morgan fingerprint density at radius 3 is 2.25 bits per heavy atom. The van der Waals surface area contributed by atoms with Gasteiger partial charge in [0.05, 0.1) is 0 Å². The van der Waals surface area contributed by atoms with Crippen molar-refractivity contribution < 1.29 is 4.79 Å². The molecule has 1 N–H and O–H groups in total. The zero-order valence-corrected chi connectivity index (χ0v) is 7.51. The minimum absolute atomic E-state index is 0.173. The Bertz CT molecular complexity index is 139. The number of hydrogen-bond acceptors (Lipinski definition) is 1. The van der Waals surface area contributed by atoms with Crippen LogP contribution in [0.3, 0.4) is 0 Å². The van der Waals surface area contributed by atoms with Gasteiger partial charge in [-0.15, -0.1) is 0 Å². The van der Waals surface area contributed by atoms with Crippen molar-refractivity contribution in [1.29, 1.82) is 0 Å². The molecule has 0 spiro atoms. The fourth-order valence-electron chi connectivity index (χ4n) is 1.59. The minimum Gasteiger partial charge on any atom is -0.343 e. The van der Waals surface area contributed by atoms with E-state index in [0.717, 1.165) is 25.9 Å². The average Bonchev–Trinajstić information content (AvgIpc) is 2.32. The van der Waals surface area contributed by atoms with Crippen molar-refractivity contribution in [3.8, 4) is 0 Å². The summed E-state index contributed by atoms with van der Waals surface area (Å²) in [6, 6.07) is 0. The summed E-state index contributed by atoms with van der Waals surface area (Å²) in [6.07, 6.45) is 5.20. The fourth-order valence-corrected chi connectivity index (χ4v) is 1.59. The lowest BCUT2D eigenvalue weighted by Gasteiger charge is -2.19. The number of nitrogens with zero attached hydrogens (tertiary/aromatic N) is 1. The monoisotopic (exact) mass is 169 g/mol. The van der Waals surface area contributed by atoms with Crippen LogP contribution in [0.15, 0.2) is 0 Å². The smallest absolute Gasteiger partial charge is 0.223 e. The van der Waals surface area contributed by atoms with E-state index in [4.69, 9.17) is 5.73 Å². The molecule has 1 saturated heterocycles. The number of likely N-dealkylation sites (tertiary alicyclic amines) is 1. The normalized spacial score (nSPS) is 18.9. The van der Waals surface area contributed by atoms with Crippen molar-refractivity contribution in [2.45, 2.75) is 32.1 Å². The minimum atomic E-state index is 0.173. The van der Waals surface area contributed by atoms with E-state index in [1.807, 2.05) is 4.90 Å². The molecular formula is C9H17N2O. The summed E-state index contributed by atoms with van der Waals surface area (Å²) in [5.41, 5.74) is 6.96. The second kappa shape index (κ2) is 5.14. The van der Waals surface area contributed by atoms with Gasteiger partial charge in [0, 0.05) is 26.1 Å². The van der Waals surface area contributed by atoms with E-state index in [1.54, 1.807) is 0 Å². The first-order valence-corrected chi connectivity index (χ1v) is 4.77. The molecule has 12 heavy (non-hydrogen) atoms. The Balaban J connectivity index is 2.32. The molecule has 0 aromatic heterocycles. The third kappa shape index (κ3) is 2.81. The van der Waals surface area contributed by atoms with Crippen LogP contribution in [0.2, 0.25) is 0 Å². The maximum Gasteiger partial charge on any atom is 0.223 e. The summed E-state index contributed by atoms with van der Waals surface area (Å²) in [5.74, 6) is 0.173. The summed E-state index contributed by atoms with van der Waals surface area (Å²) in [5, 5.41) is 0. The highest BCUT2D eigenvalue weighted by Gasteiger charge is 2.13. The van der Waals surface area contributed by atoms with Gasteiger partial charge in [0.2, 0.25) is 5.91 Å². The lowest BCUT2D eigenvalue weighted by Crippen LogP contribution is -2.32. The van der Waals surface area contributed by atoms with Crippen molar-refractivity contribution in [2.75, 3.05) is 19.6 Å². The Kier molecular flexibility index (Phi) is 4.08. The summed E-state index contributed by atoms with van der Waals surface area (Å²) in [4.78, 5) is 13.3. The molecule has 3 heteroatoms. The molecule has 0 aromatic rings. The highest BCUT2D eigenvalue weighted by Crippen LogP contribution is 2.10. The van der Waals surface area contributed by atoms with Crippen molar-refractivity contribution in [3.05, 3.63) is 0 Å². The second-order valence-electron chi connectivity index (χ2n) is 3.30. The largest absolute Gasteiger partial charge is 0.343 e. The fraction of sp³-hybridized carbons (Fsp3) is 0.889. The highest BCUT2D eigenvalue weighted by atomic mass is 16.2. The van der Waals surface area contributed by atoms with Crippen LogP contribution >= 0.6 is 0 Å². The number of carbonyl (C=O) groups is 1. The third-order valence-corrected chi connectivity index (χ3v) is 2.30. The first-order chi connectivity index (χ1) is 5.84. The summed E-state index contributed by atoms with van der Waals surface area (Å²) >= 11 is 0. The van der Waals surface area contributed by atoms with Crippen molar-refractivity contribution >= 4 is 5.91 Å². The molecule has 69 valence electrons. The van der Waals surface area contributed by atoms with Crippen LogP contribution < -0.4 is 5.73 Å². The van der Waals surface area contributed by atoms with Crippen molar-refractivity contribution in [3.63, 3.8) is 0 Å². The van der Waals surface area contributed by atoms with Gasteiger partial charge in [-0.2, -0.15) is 0 Å². The van der Waals surface area contributed by atoms with Crippen LogP contribution in [0.1, 0.15) is 32.1 Å². The summed E-state index contributed by atoms with van der Waals surface area (Å²) in [7, 11) is 0. The molecule has 1 aliphatic heterocycles. The molecule has 1 rings (SSSR count). The number of nitrogens with one attached hydrogen (secondary N) is 1. The van der Waals surface area contributed by atoms with Gasteiger partial charge in [0.25, 0.3) is 0 Å². The van der Waals surface area contributed by atoms with Gasteiger partial charge in [-0.05, 0) is 12.8 Å². The summed E-state index contributed by atoms with van der Waals surface area (Å²) < 4.78 is 0. The molecule has 0 aliphatic carbocycles. The maximum atomic E-state index is 11.4. The first-order valence-electron chi connectivity index (χ1n) is 4.77. The number of rotatable bonds is 2. The molecule has 1 fully saturated rings. The Morgan fingerprint density at radius 2 is 1.75 bits per heavy atom. The molecule has 0 saturated carbocycles. The molecule has 0 atom stereocenters. The van der Waals surface area contributed by atoms with Crippen LogP contribution in [-0.2, 0) is 4.79 Å². The van der Waals surface area contributed by atoms with Crippen molar-refractivity contribution in [2.24, 2.45) is 0 Å². The van der Waals surface area contributed by atoms with E-state index in [-0.39, 0.29) is 12.5 Å². The van der Waals surface area contributed by atoms with Crippen LogP contribution in [-0.4, -0.2) is 30.4 Å². The van der Waals surface area contributed by atoms with Crippen LogP contribution in [0.5, 0.6) is 0 Å². The Labute approximate surface area is 73.9 Å². The predicted molar refractivity (Wildman–Crippen MR) is 47.6 cm³/mol. The van der Waals surface area contributed by atoms with Gasteiger partial charge in [-0.1, -0.05) is 12.8 Å². The van der Waals surface area contributed by atoms with Crippen molar-refractivity contribution in [1.82, 2.24) is 10.6 Å². The SMILES string of the molecule is [NH]CCC(=O)N1CCCCCC1. The van der Waals surface area contributed by atoms with Gasteiger partial charge in [0.1, 0.15) is 0 Å². The lowest BCUT2D eigenvalue weighted by atomic mass is 10.2. The van der Waals surface area contributed by atoms with Gasteiger partial charge in [-0.25, -0.2) is 0 Å². The van der Waals surface area contributed by atoms with Gasteiger partial charge >= 0.3 is 0 Å². The standard InChI is InChI=1S/C9H17N2O/c10-6-5-9(12)11-7-3-1-2-4-8-11/h10H,1-8H2. The number of carbonyl (C=O) groups excluding carboxylic acids is 1. The van der Waals surface area contributed by atoms with E-state index < -0.39 is 0 Å². The van der Waals surface area contributed by atoms with E-state index in [9.17, 15) is 4.79 Å². The Hall–Kier alpha value is -0.570. The molecule has 1 heterocycles. The molecule has 0 aromatic carbocycles. The van der Waals surface area contributed by atoms with E-state index in [0.29, 0.717) is 6.42 Å². The van der Waals surface area contributed by atoms with Gasteiger partial charge < -0.3 is 4.90 Å². The van der Waals surface area contributed by atoms with Crippen LogP contribution in [0.25, 0.3) is 0 Å². The van der Waals surface area contributed by atoms with E-state index in [1.165, 1.54) is 12.8 Å². The maximum absolute atomic E-state index is 11.4. The molecule has 0 bridgehead atoms. The quantitative estimate of drug-likeness (QED) is 0.609. The molecular weight excluding hydrogens is 152 g/mol. The zero-order valence-electron chi connectivity index (χ0n) is 7.51. The lowest BCUT2D eigenvalue weighted by molar-refractivity contribution is -0.130. The first kappa shape index (κ1) is 9.52. The molecule has 3 nitrogen and oxygen atoms in total. The number of amides is 1. The highest BCUT2D eigenvalue weighted by molar-refractivity contribution is 5.76. The number of hydrogen-bond donors (Lipinski definition) is 0. The molecule has 1 radical (unpaired) electrons.